The van der Waals surface area contributed by atoms with Gasteiger partial charge >= 0.3 is 0 Å². The van der Waals surface area contributed by atoms with Gasteiger partial charge in [-0.2, -0.15) is 5.26 Å². The number of anilines is 1. The lowest BCUT2D eigenvalue weighted by molar-refractivity contribution is -0.128. The number of fused-ring (bicyclic) bond motifs is 2. The highest BCUT2D eigenvalue weighted by Crippen LogP contribution is 2.41. The van der Waals surface area contributed by atoms with Crippen molar-refractivity contribution >= 4 is 22.6 Å². The Kier molecular flexibility index (Phi) is 5.67. The molecule has 1 aliphatic carbocycles. The third-order valence-corrected chi connectivity index (χ3v) is 7.30. The molecule has 6 heteroatoms. The predicted octanol–water partition coefficient (Wildman–Crippen LogP) is 4.77. The van der Waals surface area contributed by atoms with Gasteiger partial charge in [-0.25, -0.2) is 4.98 Å². The third-order valence-electron chi connectivity index (χ3n) is 7.30. The number of aromatic amines is 1. The zero-order chi connectivity index (χ0) is 22.0. The van der Waals surface area contributed by atoms with Gasteiger partial charge in [0, 0.05) is 18.8 Å². The van der Waals surface area contributed by atoms with Crippen LogP contribution in [0, 0.1) is 16.7 Å². The second-order valence-electron chi connectivity index (χ2n) is 9.30. The van der Waals surface area contributed by atoms with Crippen LogP contribution in [0.5, 0.6) is 0 Å². The summed E-state index contributed by atoms with van der Waals surface area (Å²) in [5.74, 6) is 0.153. The molecule has 1 amide bonds. The van der Waals surface area contributed by atoms with E-state index in [1.165, 1.54) is 17.5 Å². The lowest BCUT2D eigenvalue weighted by atomic mass is 9.71. The molecule has 3 aromatic rings. The van der Waals surface area contributed by atoms with Crippen LogP contribution in [-0.2, 0) is 17.8 Å². The first-order valence-corrected chi connectivity index (χ1v) is 11.6. The summed E-state index contributed by atoms with van der Waals surface area (Å²) >= 11 is 0. The highest BCUT2D eigenvalue weighted by molar-refractivity contribution is 5.96. The molecule has 1 fully saturated rings. The smallest absolute Gasteiger partial charge is 0.230 e. The van der Waals surface area contributed by atoms with E-state index >= 15 is 0 Å². The molecule has 0 spiro atoms. The number of aromatic nitrogens is 2. The molecule has 0 saturated heterocycles. The number of imidazole rings is 1. The van der Waals surface area contributed by atoms with Crippen molar-refractivity contribution in [3.8, 4) is 6.07 Å². The Balaban J connectivity index is 1.28. The van der Waals surface area contributed by atoms with Crippen molar-refractivity contribution in [1.29, 1.82) is 5.26 Å². The Bertz CT molecular complexity index is 1170. The maximum Gasteiger partial charge on any atom is 0.230 e. The molecule has 2 heterocycles. The van der Waals surface area contributed by atoms with Crippen molar-refractivity contribution in [1.82, 2.24) is 14.9 Å². The number of nitriles is 1. The van der Waals surface area contributed by atoms with Crippen LogP contribution in [0.3, 0.4) is 0 Å². The first-order valence-electron chi connectivity index (χ1n) is 11.6. The number of rotatable bonds is 5. The van der Waals surface area contributed by atoms with Crippen molar-refractivity contribution in [3.63, 3.8) is 0 Å². The maximum atomic E-state index is 13.5. The van der Waals surface area contributed by atoms with Gasteiger partial charge in [0.05, 0.1) is 34.4 Å². The minimum absolute atomic E-state index is 0.153. The molecule has 32 heavy (non-hydrogen) atoms. The van der Waals surface area contributed by atoms with Crippen molar-refractivity contribution in [2.75, 3.05) is 18.4 Å². The van der Waals surface area contributed by atoms with Crippen LogP contribution in [0.15, 0.2) is 42.7 Å². The topological polar surface area (TPSA) is 84.8 Å². The minimum Gasteiger partial charge on any atom is -0.345 e. The second kappa shape index (κ2) is 8.76. The molecule has 2 aliphatic rings. The van der Waals surface area contributed by atoms with E-state index in [0.717, 1.165) is 80.4 Å². The van der Waals surface area contributed by atoms with Gasteiger partial charge < -0.3 is 10.3 Å². The van der Waals surface area contributed by atoms with Crippen LogP contribution in [0.4, 0.5) is 5.69 Å². The van der Waals surface area contributed by atoms with Crippen molar-refractivity contribution < 1.29 is 4.79 Å². The van der Waals surface area contributed by atoms with Gasteiger partial charge in [-0.3, -0.25) is 9.69 Å². The quantitative estimate of drug-likeness (QED) is 0.614. The van der Waals surface area contributed by atoms with Gasteiger partial charge in [-0.1, -0.05) is 25.3 Å². The van der Waals surface area contributed by atoms with Gasteiger partial charge in [-0.05, 0) is 73.7 Å². The standard InChI is InChI=1S/C26H29N5O/c27-16-19-4-5-20-8-12-31(17-21(20)14-19)13-11-26(9-2-1-3-10-26)25(32)30-22-6-7-23-24(15-22)29-18-28-23/h4-7,14-15,18H,1-3,8-13,17H2,(H,28,29)(H,30,32). The van der Waals surface area contributed by atoms with E-state index in [4.69, 9.17) is 0 Å². The Labute approximate surface area is 188 Å². The summed E-state index contributed by atoms with van der Waals surface area (Å²) in [5.41, 5.74) is 5.68. The summed E-state index contributed by atoms with van der Waals surface area (Å²) in [6, 6.07) is 14.1. The summed E-state index contributed by atoms with van der Waals surface area (Å²) in [6.07, 6.45) is 8.90. The minimum atomic E-state index is -0.310. The molecule has 1 saturated carbocycles. The average Bonchev–Trinajstić information content (AvgIpc) is 3.30. The van der Waals surface area contributed by atoms with Gasteiger partial charge in [0.15, 0.2) is 0 Å². The van der Waals surface area contributed by atoms with Gasteiger partial charge in [0.2, 0.25) is 5.91 Å². The summed E-state index contributed by atoms with van der Waals surface area (Å²) in [4.78, 5) is 23.4. The third kappa shape index (κ3) is 4.13. The van der Waals surface area contributed by atoms with E-state index < -0.39 is 0 Å². The van der Waals surface area contributed by atoms with Crippen LogP contribution in [-0.4, -0.2) is 33.9 Å². The molecular formula is C26H29N5O. The summed E-state index contributed by atoms with van der Waals surface area (Å²) in [5, 5.41) is 12.4. The van der Waals surface area contributed by atoms with E-state index in [1.807, 2.05) is 30.3 Å². The number of hydrogen-bond acceptors (Lipinski definition) is 4. The van der Waals surface area contributed by atoms with E-state index in [0.29, 0.717) is 0 Å². The number of hydrogen-bond donors (Lipinski definition) is 2. The fourth-order valence-electron chi connectivity index (χ4n) is 5.34. The lowest BCUT2D eigenvalue weighted by Crippen LogP contribution is -2.42. The first kappa shape index (κ1) is 20.7. The number of nitrogens with one attached hydrogen (secondary N) is 2. The Morgan fingerprint density at radius 2 is 2.03 bits per heavy atom. The van der Waals surface area contributed by atoms with Crippen molar-refractivity contribution in [3.05, 3.63) is 59.4 Å². The Morgan fingerprint density at radius 3 is 2.88 bits per heavy atom. The van der Waals surface area contributed by atoms with Gasteiger partial charge in [0.25, 0.3) is 0 Å². The second-order valence-corrected chi connectivity index (χ2v) is 9.30. The monoisotopic (exact) mass is 427 g/mol. The number of H-pyrrole nitrogens is 1. The Hall–Kier alpha value is -3.17. The molecule has 2 aromatic carbocycles. The van der Waals surface area contributed by atoms with Gasteiger partial charge in [-0.15, -0.1) is 0 Å². The van der Waals surface area contributed by atoms with Gasteiger partial charge in [0.1, 0.15) is 0 Å². The van der Waals surface area contributed by atoms with Crippen molar-refractivity contribution in [2.24, 2.45) is 5.41 Å². The molecule has 6 nitrogen and oxygen atoms in total. The first-order chi connectivity index (χ1) is 15.6. The molecule has 1 aliphatic heterocycles. The molecule has 1 aromatic heterocycles. The van der Waals surface area contributed by atoms with E-state index in [2.05, 4.69) is 32.3 Å². The lowest BCUT2D eigenvalue weighted by Gasteiger charge is -2.38. The molecule has 0 atom stereocenters. The van der Waals surface area contributed by atoms with Crippen LogP contribution >= 0.6 is 0 Å². The summed E-state index contributed by atoms with van der Waals surface area (Å²) in [7, 11) is 0. The molecule has 0 unspecified atom stereocenters. The number of nitrogens with zero attached hydrogens (tertiary/aromatic N) is 3. The van der Waals surface area contributed by atoms with E-state index in [9.17, 15) is 10.1 Å². The zero-order valence-corrected chi connectivity index (χ0v) is 18.4. The maximum absolute atomic E-state index is 13.5. The number of carbonyl (C=O) groups excluding carboxylic acids is 1. The molecule has 2 N–H and O–H groups in total. The van der Waals surface area contributed by atoms with Crippen LogP contribution in [0.2, 0.25) is 0 Å². The van der Waals surface area contributed by atoms with E-state index in [1.54, 1.807) is 6.33 Å². The van der Waals surface area contributed by atoms with Crippen LogP contribution < -0.4 is 5.32 Å². The fourth-order valence-corrected chi connectivity index (χ4v) is 5.34. The number of benzene rings is 2. The fraction of sp³-hybridized carbons (Fsp3) is 0.423. The predicted molar refractivity (Wildman–Crippen MR) is 125 cm³/mol. The number of carbonyl (C=O) groups is 1. The summed E-state index contributed by atoms with van der Waals surface area (Å²) < 4.78 is 0. The normalized spacial score (nSPS) is 18.1. The zero-order valence-electron chi connectivity index (χ0n) is 18.4. The summed E-state index contributed by atoms with van der Waals surface area (Å²) in [6.45, 7) is 2.77. The van der Waals surface area contributed by atoms with Crippen LogP contribution in [0.25, 0.3) is 11.0 Å². The molecule has 0 radical (unpaired) electrons. The highest BCUT2D eigenvalue weighted by atomic mass is 16.2. The number of amides is 1. The molecular weight excluding hydrogens is 398 g/mol. The van der Waals surface area contributed by atoms with Crippen molar-refractivity contribution in [2.45, 2.75) is 51.5 Å². The largest absolute Gasteiger partial charge is 0.345 e. The highest BCUT2D eigenvalue weighted by Gasteiger charge is 2.39. The van der Waals surface area contributed by atoms with E-state index in [-0.39, 0.29) is 11.3 Å². The molecule has 5 rings (SSSR count). The van der Waals surface area contributed by atoms with Crippen LogP contribution in [0.1, 0.15) is 55.2 Å². The average molecular weight is 428 g/mol. The SMILES string of the molecule is N#Cc1ccc2c(c1)CN(CCC1(C(=O)Nc3ccc4nc[nH]c4c3)CCCCC1)CC2. The molecule has 0 bridgehead atoms. The Morgan fingerprint density at radius 1 is 1.16 bits per heavy atom. The molecule has 164 valence electrons.